The van der Waals surface area contributed by atoms with E-state index in [2.05, 4.69) is 27.5 Å². The lowest BCUT2D eigenvalue weighted by molar-refractivity contribution is 0.0943. The van der Waals surface area contributed by atoms with Gasteiger partial charge in [0, 0.05) is 12.7 Å². The quantitative estimate of drug-likeness (QED) is 0.730. The number of amides is 1. The zero-order valence-corrected chi connectivity index (χ0v) is 12.1. The number of rotatable bonds is 8. The summed E-state index contributed by atoms with van der Waals surface area (Å²) >= 11 is 0. The SMILES string of the molecule is CCCCCNc1nccc(C(=O)NCc2ccco2)n1. The maximum absolute atomic E-state index is 12.0. The molecule has 112 valence electrons. The van der Waals surface area contributed by atoms with Crippen LogP contribution in [0.15, 0.2) is 35.1 Å². The highest BCUT2D eigenvalue weighted by molar-refractivity contribution is 5.92. The maximum atomic E-state index is 12.0. The molecular weight excluding hydrogens is 268 g/mol. The number of aromatic nitrogens is 2. The Kier molecular flexibility index (Phi) is 5.75. The monoisotopic (exact) mass is 288 g/mol. The predicted molar refractivity (Wildman–Crippen MR) is 79.9 cm³/mol. The van der Waals surface area contributed by atoms with Crippen molar-refractivity contribution in [3.05, 3.63) is 42.1 Å². The second-order valence-corrected chi connectivity index (χ2v) is 4.66. The average molecular weight is 288 g/mol. The second kappa shape index (κ2) is 8.04. The van der Waals surface area contributed by atoms with Crippen molar-refractivity contribution in [1.82, 2.24) is 15.3 Å². The second-order valence-electron chi connectivity index (χ2n) is 4.66. The Morgan fingerprint density at radius 2 is 2.24 bits per heavy atom. The first-order valence-electron chi connectivity index (χ1n) is 7.17. The Morgan fingerprint density at radius 3 is 3.00 bits per heavy atom. The Labute approximate surface area is 124 Å². The lowest BCUT2D eigenvalue weighted by Gasteiger charge is -2.06. The molecule has 0 atom stereocenters. The number of nitrogens with one attached hydrogen (secondary N) is 2. The van der Waals surface area contributed by atoms with Crippen LogP contribution in [0.5, 0.6) is 0 Å². The van der Waals surface area contributed by atoms with Crippen molar-refractivity contribution in [2.24, 2.45) is 0 Å². The molecule has 0 saturated carbocycles. The molecular formula is C15H20N4O2. The minimum atomic E-state index is -0.245. The third-order valence-corrected chi connectivity index (χ3v) is 2.95. The molecule has 2 N–H and O–H groups in total. The van der Waals surface area contributed by atoms with Crippen LogP contribution in [0.2, 0.25) is 0 Å². The standard InChI is InChI=1S/C15H20N4O2/c1-2-3-4-8-16-15-17-9-7-13(19-15)14(20)18-11-12-6-5-10-21-12/h5-7,9-10H,2-4,8,11H2,1H3,(H,18,20)(H,16,17,19). The molecule has 2 heterocycles. The zero-order valence-electron chi connectivity index (χ0n) is 12.1. The normalized spacial score (nSPS) is 10.3. The summed E-state index contributed by atoms with van der Waals surface area (Å²) in [6.45, 7) is 3.31. The number of hydrogen-bond acceptors (Lipinski definition) is 5. The first kappa shape index (κ1) is 15.0. The van der Waals surface area contributed by atoms with E-state index in [4.69, 9.17) is 4.42 Å². The van der Waals surface area contributed by atoms with Gasteiger partial charge in [0.2, 0.25) is 5.95 Å². The summed E-state index contributed by atoms with van der Waals surface area (Å²) in [6.07, 6.45) is 6.55. The van der Waals surface area contributed by atoms with Crippen molar-refractivity contribution in [3.8, 4) is 0 Å². The van der Waals surface area contributed by atoms with Gasteiger partial charge in [0.1, 0.15) is 11.5 Å². The summed E-state index contributed by atoms with van der Waals surface area (Å²) in [5, 5.41) is 5.88. The first-order chi connectivity index (χ1) is 10.3. The van der Waals surface area contributed by atoms with E-state index in [1.54, 1.807) is 30.7 Å². The summed E-state index contributed by atoms with van der Waals surface area (Å²) in [4.78, 5) is 20.3. The minimum Gasteiger partial charge on any atom is -0.467 e. The van der Waals surface area contributed by atoms with Crippen LogP contribution in [0.1, 0.15) is 42.4 Å². The van der Waals surface area contributed by atoms with Gasteiger partial charge in [-0.05, 0) is 24.6 Å². The van der Waals surface area contributed by atoms with E-state index in [0.717, 1.165) is 25.8 Å². The molecule has 0 aliphatic carbocycles. The van der Waals surface area contributed by atoms with Crippen LogP contribution >= 0.6 is 0 Å². The third-order valence-electron chi connectivity index (χ3n) is 2.95. The van der Waals surface area contributed by atoms with Crippen molar-refractivity contribution in [2.75, 3.05) is 11.9 Å². The zero-order chi connectivity index (χ0) is 14.9. The molecule has 2 aromatic rings. The number of anilines is 1. The van der Waals surface area contributed by atoms with Gasteiger partial charge >= 0.3 is 0 Å². The number of hydrogen-bond donors (Lipinski definition) is 2. The van der Waals surface area contributed by atoms with Crippen molar-refractivity contribution in [1.29, 1.82) is 0 Å². The van der Waals surface area contributed by atoms with E-state index in [1.807, 2.05) is 0 Å². The summed E-state index contributed by atoms with van der Waals surface area (Å²) in [5.74, 6) is 0.942. The van der Waals surface area contributed by atoms with Gasteiger partial charge in [0.25, 0.3) is 5.91 Å². The Bertz CT molecular complexity index is 555. The van der Waals surface area contributed by atoms with Crippen LogP contribution in [-0.2, 0) is 6.54 Å². The summed E-state index contributed by atoms with van der Waals surface area (Å²) in [7, 11) is 0. The van der Waals surface area contributed by atoms with E-state index in [9.17, 15) is 4.79 Å². The molecule has 6 nitrogen and oxygen atoms in total. The fraction of sp³-hybridized carbons (Fsp3) is 0.400. The number of nitrogens with zero attached hydrogens (tertiary/aromatic N) is 2. The Hall–Kier alpha value is -2.37. The van der Waals surface area contributed by atoms with E-state index in [-0.39, 0.29) is 5.91 Å². The van der Waals surface area contributed by atoms with Crippen molar-refractivity contribution in [2.45, 2.75) is 32.7 Å². The lowest BCUT2D eigenvalue weighted by atomic mass is 10.2. The molecule has 1 amide bonds. The van der Waals surface area contributed by atoms with E-state index in [0.29, 0.717) is 23.9 Å². The molecule has 6 heteroatoms. The maximum Gasteiger partial charge on any atom is 0.270 e. The summed E-state index contributed by atoms with van der Waals surface area (Å²) in [6, 6.07) is 5.18. The van der Waals surface area contributed by atoms with Crippen LogP contribution in [0.4, 0.5) is 5.95 Å². The van der Waals surface area contributed by atoms with Gasteiger partial charge in [-0.15, -0.1) is 0 Å². The summed E-state index contributed by atoms with van der Waals surface area (Å²) < 4.78 is 5.16. The largest absolute Gasteiger partial charge is 0.467 e. The van der Waals surface area contributed by atoms with Crippen LogP contribution in [0.3, 0.4) is 0 Å². The van der Waals surface area contributed by atoms with Gasteiger partial charge in [-0.3, -0.25) is 4.79 Å². The van der Waals surface area contributed by atoms with Crippen molar-refractivity contribution >= 4 is 11.9 Å². The molecule has 0 aliphatic rings. The first-order valence-corrected chi connectivity index (χ1v) is 7.17. The highest BCUT2D eigenvalue weighted by Crippen LogP contribution is 2.03. The topological polar surface area (TPSA) is 80.0 Å². The minimum absolute atomic E-state index is 0.245. The highest BCUT2D eigenvalue weighted by Gasteiger charge is 2.09. The van der Waals surface area contributed by atoms with E-state index >= 15 is 0 Å². The predicted octanol–water partition coefficient (Wildman–Crippen LogP) is 2.60. The van der Waals surface area contributed by atoms with Crippen LogP contribution in [0, 0.1) is 0 Å². The number of unbranched alkanes of at least 4 members (excludes halogenated alkanes) is 2. The molecule has 0 fully saturated rings. The average Bonchev–Trinajstić information content (AvgIpc) is 3.03. The number of carbonyl (C=O) groups is 1. The third kappa shape index (κ3) is 4.91. The molecule has 0 radical (unpaired) electrons. The molecule has 0 unspecified atom stereocenters. The molecule has 0 saturated heterocycles. The van der Waals surface area contributed by atoms with E-state index in [1.165, 1.54) is 0 Å². The molecule has 21 heavy (non-hydrogen) atoms. The van der Waals surface area contributed by atoms with Gasteiger partial charge < -0.3 is 15.1 Å². The van der Waals surface area contributed by atoms with Crippen LogP contribution < -0.4 is 10.6 Å². The Balaban J connectivity index is 1.85. The molecule has 2 aromatic heterocycles. The molecule has 0 bridgehead atoms. The van der Waals surface area contributed by atoms with Gasteiger partial charge in [0.15, 0.2) is 0 Å². The van der Waals surface area contributed by atoms with Gasteiger partial charge in [-0.25, -0.2) is 9.97 Å². The van der Waals surface area contributed by atoms with Crippen LogP contribution in [0.25, 0.3) is 0 Å². The number of furan rings is 1. The molecule has 2 rings (SSSR count). The Morgan fingerprint density at radius 1 is 1.33 bits per heavy atom. The lowest BCUT2D eigenvalue weighted by Crippen LogP contribution is -2.24. The van der Waals surface area contributed by atoms with Crippen molar-refractivity contribution in [3.63, 3.8) is 0 Å². The smallest absolute Gasteiger partial charge is 0.270 e. The van der Waals surface area contributed by atoms with E-state index < -0.39 is 0 Å². The fourth-order valence-electron chi connectivity index (χ4n) is 1.82. The molecule has 0 spiro atoms. The highest BCUT2D eigenvalue weighted by atomic mass is 16.3. The van der Waals surface area contributed by atoms with Gasteiger partial charge in [0.05, 0.1) is 12.8 Å². The molecule has 0 aliphatic heterocycles. The molecule has 0 aromatic carbocycles. The fourth-order valence-corrected chi connectivity index (χ4v) is 1.82. The van der Waals surface area contributed by atoms with Gasteiger partial charge in [-0.2, -0.15) is 0 Å². The van der Waals surface area contributed by atoms with Gasteiger partial charge in [-0.1, -0.05) is 19.8 Å². The van der Waals surface area contributed by atoms with Crippen LogP contribution in [-0.4, -0.2) is 22.4 Å². The number of carbonyl (C=O) groups excluding carboxylic acids is 1. The summed E-state index contributed by atoms with van der Waals surface area (Å²) in [5.41, 5.74) is 0.342. The van der Waals surface area contributed by atoms with Crippen molar-refractivity contribution < 1.29 is 9.21 Å².